The number of hydrogen-bond donors (Lipinski definition) is 0. The second kappa shape index (κ2) is 9.61. The Bertz CT molecular complexity index is 1240. The molecular formula is C29H30FNO3. The monoisotopic (exact) mass is 459 g/mol. The summed E-state index contributed by atoms with van der Waals surface area (Å²) in [4.78, 5) is 0. The number of nitrogens with zero attached hydrogens (tertiary/aromatic N) is 1. The summed E-state index contributed by atoms with van der Waals surface area (Å²) in [7, 11) is 3.44. The van der Waals surface area contributed by atoms with Gasteiger partial charge in [0.05, 0.1) is 5.52 Å². The Hall–Kier alpha value is -3.15. The van der Waals surface area contributed by atoms with Crippen LogP contribution < -0.4 is 4.74 Å². The van der Waals surface area contributed by atoms with E-state index in [1.165, 1.54) is 17.8 Å². The van der Waals surface area contributed by atoms with Gasteiger partial charge in [-0.25, -0.2) is 4.39 Å². The van der Waals surface area contributed by atoms with E-state index in [2.05, 4.69) is 28.8 Å². The maximum Gasteiger partial charge on any atom is 0.167 e. The Morgan fingerprint density at radius 2 is 1.59 bits per heavy atom. The summed E-state index contributed by atoms with van der Waals surface area (Å²) in [6.45, 7) is 0.505. The molecule has 5 rings (SSSR count). The summed E-state index contributed by atoms with van der Waals surface area (Å²) < 4.78 is 33.7. The van der Waals surface area contributed by atoms with Gasteiger partial charge in [0.2, 0.25) is 0 Å². The first-order valence-electron chi connectivity index (χ1n) is 11.8. The number of halogens is 1. The zero-order valence-corrected chi connectivity index (χ0v) is 19.7. The minimum Gasteiger partial charge on any atom is -0.488 e. The summed E-state index contributed by atoms with van der Waals surface area (Å²) in [6, 6.07) is 25.3. The highest BCUT2D eigenvalue weighted by Crippen LogP contribution is 2.43. The van der Waals surface area contributed by atoms with Gasteiger partial charge in [-0.1, -0.05) is 36.4 Å². The van der Waals surface area contributed by atoms with Crippen molar-refractivity contribution in [2.45, 2.75) is 44.0 Å². The van der Waals surface area contributed by atoms with Gasteiger partial charge in [-0.05, 0) is 66.8 Å². The predicted octanol–water partition coefficient (Wildman–Crippen LogP) is 7.00. The maximum atomic E-state index is 13.7. The van der Waals surface area contributed by atoms with E-state index < -0.39 is 5.79 Å². The standard InChI is InChI=1S/C29H30FNO3/c1-32-29(33-2)17-15-22(16-18-29)27-19-25-26(31(27)24-13-11-23(30)12-14-24)9-6-10-28(25)34-20-21-7-4-3-5-8-21/h3-14,19,22H,15-18,20H2,1-2H3. The summed E-state index contributed by atoms with van der Waals surface area (Å²) in [6.07, 6.45) is 3.54. The van der Waals surface area contributed by atoms with Gasteiger partial charge in [-0.3, -0.25) is 0 Å². The van der Waals surface area contributed by atoms with Gasteiger partial charge >= 0.3 is 0 Å². The van der Waals surface area contributed by atoms with E-state index in [9.17, 15) is 4.39 Å². The molecule has 1 aliphatic rings. The molecule has 4 nitrogen and oxygen atoms in total. The Kier molecular flexibility index (Phi) is 6.40. The molecule has 1 aromatic heterocycles. The Morgan fingerprint density at radius 3 is 2.26 bits per heavy atom. The van der Waals surface area contributed by atoms with Crippen molar-refractivity contribution in [2.75, 3.05) is 14.2 Å². The molecule has 0 aliphatic heterocycles. The molecule has 5 heteroatoms. The quantitative estimate of drug-likeness (QED) is 0.279. The van der Waals surface area contributed by atoms with Crippen molar-refractivity contribution >= 4 is 10.9 Å². The Labute approximate surface area is 199 Å². The van der Waals surface area contributed by atoms with E-state index in [1.54, 1.807) is 14.2 Å². The van der Waals surface area contributed by atoms with Crippen LogP contribution in [0.1, 0.15) is 42.9 Å². The third-order valence-electron chi connectivity index (χ3n) is 7.07. The van der Waals surface area contributed by atoms with Crippen LogP contribution in [0.15, 0.2) is 78.9 Å². The summed E-state index contributed by atoms with van der Waals surface area (Å²) in [5, 5.41) is 1.06. The number of methoxy groups -OCH3 is 2. The lowest BCUT2D eigenvalue weighted by molar-refractivity contribution is -0.224. The largest absolute Gasteiger partial charge is 0.488 e. The number of rotatable bonds is 7. The average molecular weight is 460 g/mol. The highest BCUT2D eigenvalue weighted by Gasteiger charge is 2.37. The minimum absolute atomic E-state index is 0.240. The predicted molar refractivity (Wildman–Crippen MR) is 132 cm³/mol. The van der Waals surface area contributed by atoms with Crippen LogP contribution >= 0.6 is 0 Å². The van der Waals surface area contributed by atoms with Crippen LogP contribution in [0, 0.1) is 5.82 Å². The maximum absolute atomic E-state index is 13.7. The molecule has 0 saturated heterocycles. The molecule has 4 aromatic rings. The minimum atomic E-state index is -0.507. The molecule has 176 valence electrons. The molecule has 0 radical (unpaired) electrons. The van der Waals surface area contributed by atoms with E-state index in [0.29, 0.717) is 12.5 Å². The molecule has 34 heavy (non-hydrogen) atoms. The summed E-state index contributed by atoms with van der Waals surface area (Å²) >= 11 is 0. The molecular weight excluding hydrogens is 429 g/mol. The lowest BCUT2D eigenvalue weighted by Crippen LogP contribution is -2.37. The zero-order chi connectivity index (χ0) is 23.5. The van der Waals surface area contributed by atoms with Crippen LogP contribution in [0.25, 0.3) is 16.6 Å². The van der Waals surface area contributed by atoms with E-state index in [1.807, 2.05) is 42.5 Å². The normalized spacial score (nSPS) is 16.1. The molecule has 1 fully saturated rings. The number of aromatic nitrogens is 1. The Morgan fingerprint density at radius 1 is 0.882 bits per heavy atom. The smallest absolute Gasteiger partial charge is 0.167 e. The molecule has 1 aliphatic carbocycles. The van der Waals surface area contributed by atoms with Crippen molar-refractivity contribution in [1.82, 2.24) is 4.57 Å². The molecule has 0 spiro atoms. The van der Waals surface area contributed by atoms with Crippen LogP contribution in [0.5, 0.6) is 5.75 Å². The SMILES string of the molecule is COC1(OC)CCC(c2cc3c(OCc4ccccc4)cccc3n2-c2ccc(F)cc2)CC1. The first-order chi connectivity index (χ1) is 16.6. The molecule has 1 heterocycles. The molecule has 0 amide bonds. The lowest BCUT2D eigenvalue weighted by atomic mass is 9.83. The first-order valence-corrected chi connectivity index (χ1v) is 11.8. The highest BCUT2D eigenvalue weighted by atomic mass is 19.1. The average Bonchev–Trinajstić information content (AvgIpc) is 3.29. The topological polar surface area (TPSA) is 32.6 Å². The van der Waals surface area contributed by atoms with E-state index in [0.717, 1.165) is 53.6 Å². The zero-order valence-electron chi connectivity index (χ0n) is 19.7. The van der Waals surface area contributed by atoms with Crippen molar-refractivity contribution in [3.63, 3.8) is 0 Å². The van der Waals surface area contributed by atoms with Crippen molar-refractivity contribution in [2.24, 2.45) is 0 Å². The van der Waals surface area contributed by atoms with Crippen molar-refractivity contribution in [3.8, 4) is 11.4 Å². The number of benzene rings is 3. The molecule has 1 saturated carbocycles. The van der Waals surface area contributed by atoms with Gasteiger partial charge in [0, 0.05) is 43.8 Å². The lowest BCUT2D eigenvalue weighted by Gasteiger charge is -2.38. The van der Waals surface area contributed by atoms with E-state index in [-0.39, 0.29) is 5.82 Å². The third-order valence-corrected chi connectivity index (χ3v) is 7.07. The van der Waals surface area contributed by atoms with Gasteiger partial charge in [-0.2, -0.15) is 0 Å². The van der Waals surface area contributed by atoms with Crippen molar-refractivity contribution < 1.29 is 18.6 Å². The van der Waals surface area contributed by atoms with E-state index in [4.69, 9.17) is 14.2 Å². The molecule has 0 bridgehead atoms. The summed E-state index contributed by atoms with van der Waals surface area (Å²) in [5.41, 5.74) is 4.34. The van der Waals surface area contributed by atoms with Crippen LogP contribution in [0.3, 0.4) is 0 Å². The molecule has 0 atom stereocenters. The second-order valence-electron chi connectivity index (χ2n) is 8.94. The van der Waals surface area contributed by atoms with Crippen LogP contribution in [-0.4, -0.2) is 24.6 Å². The van der Waals surface area contributed by atoms with Crippen LogP contribution in [0.4, 0.5) is 4.39 Å². The number of fused-ring (bicyclic) bond motifs is 1. The van der Waals surface area contributed by atoms with Crippen LogP contribution in [-0.2, 0) is 16.1 Å². The number of ether oxygens (including phenoxy) is 3. The van der Waals surface area contributed by atoms with Crippen LogP contribution in [0.2, 0.25) is 0 Å². The van der Waals surface area contributed by atoms with Gasteiger partial charge in [0.25, 0.3) is 0 Å². The fraction of sp³-hybridized carbons (Fsp3) is 0.310. The Balaban J connectivity index is 1.55. The number of hydrogen-bond acceptors (Lipinski definition) is 3. The first kappa shape index (κ1) is 22.6. The second-order valence-corrected chi connectivity index (χ2v) is 8.94. The van der Waals surface area contributed by atoms with Gasteiger partial charge in [0.1, 0.15) is 18.2 Å². The summed E-state index contributed by atoms with van der Waals surface area (Å²) in [5.74, 6) is 0.434. The van der Waals surface area contributed by atoms with Gasteiger partial charge < -0.3 is 18.8 Å². The van der Waals surface area contributed by atoms with Crippen molar-refractivity contribution in [3.05, 3.63) is 95.9 Å². The highest BCUT2D eigenvalue weighted by molar-refractivity contribution is 5.89. The fourth-order valence-electron chi connectivity index (χ4n) is 5.11. The van der Waals surface area contributed by atoms with Gasteiger partial charge in [-0.15, -0.1) is 0 Å². The van der Waals surface area contributed by atoms with E-state index >= 15 is 0 Å². The molecule has 0 unspecified atom stereocenters. The third kappa shape index (κ3) is 4.33. The molecule has 0 N–H and O–H groups in total. The molecule has 3 aromatic carbocycles. The van der Waals surface area contributed by atoms with Gasteiger partial charge in [0.15, 0.2) is 5.79 Å². The fourth-order valence-corrected chi connectivity index (χ4v) is 5.11. The van der Waals surface area contributed by atoms with Crippen molar-refractivity contribution in [1.29, 1.82) is 0 Å².